The fourth-order valence-electron chi connectivity index (χ4n) is 1.77. The number of thiophene rings is 1. The van der Waals surface area contributed by atoms with E-state index >= 15 is 0 Å². The second kappa shape index (κ2) is 4.45. The molecule has 6 nitrogen and oxygen atoms in total. The number of benzene rings is 1. The van der Waals surface area contributed by atoms with Crippen LogP contribution in [0.1, 0.15) is 4.88 Å². The molecule has 1 N–H and O–H groups in total. The maximum Gasteiger partial charge on any atom is 0.273 e. The third-order valence-corrected chi connectivity index (χ3v) is 3.53. The van der Waals surface area contributed by atoms with Gasteiger partial charge in [-0.25, -0.2) is 4.99 Å². The van der Waals surface area contributed by atoms with Crippen molar-refractivity contribution in [2.24, 2.45) is 4.99 Å². The minimum Gasteiger partial charge on any atom is -0.457 e. The SMILES string of the molecule is O=[N+]([O-])c1ccc2c(c1)OC(O)C(c1cccs1)=N2. The summed E-state index contributed by atoms with van der Waals surface area (Å²) in [6.07, 6.45) is -1.21. The third-order valence-electron chi connectivity index (χ3n) is 2.64. The van der Waals surface area contributed by atoms with Crippen LogP contribution in [0.5, 0.6) is 5.75 Å². The minimum absolute atomic E-state index is 0.0966. The van der Waals surface area contributed by atoms with Crippen molar-refractivity contribution >= 4 is 28.4 Å². The van der Waals surface area contributed by atoms with Gasteiger partial charge in [-0.1, -0.05) is 6.07 Å². The van der Waals surface area contributed by atoms with Crippen molar-refractivity contribution in [2.45, 2.75) is 6.29 Å². The molecule has 19 heavy (non-hydrogen) atoms. The lowest BCUT2D eigenvalue weighted by molar-refractivity contribution is -0.384. The van der Waals surface area contributed by atoms with Gasteiger partial charge >= 0.3 is 0 Å². The van der Waals surface area contributed by atoms with Crippen molar-refractivity contribution in [1.82, 2.24) is 0 Å². The van der Waals surface area contributed by atoms with E-state index in [1.807, 2.05) is 17.5 Å². The third kappa shape index (κ3) is 2.09. The molecule has 0 aliphatic carbocycles. The number of fused-ring (bicyclic) bond motifs is 1. The van der Waals surface area contributed by atoms with E-state index in [0.717, 1.165) is 4.88 Å². The number of aliphatic imine (C=N–C) groups is 1. The number of hydrogen-bond donors (Lipinski definition) is 1. The van der Waals surface area contributed by atoms with E-state index in [-0.39, 0.29) is 11.4 Å². The lowest BCUT2D eigenvalue weighted by atomic mass is 10.2. The lowest BCUT2D eigenvalue weighted by Crippen LogP contribution is -2.29. The van der Waals surface area contributed by atoms with E-state index < -0.39 is 11.2 Å². The van der Waals surface area contributed by atoms with E-state index in [9.17, 15) is 15.2 Å². The van der Waals surface area contributed by atoms with Gasteiger partial charge in [-0.3, -0.25) is 10.1 Å². The molecule has 2 aromatic rings. The highest BCUT2D eigenvalue weighted by molar-refractivity contribution is 7.12. The fourth-order valence-corrected chi connectivity index (χ4v) is 2.49. The molecular weight excluding hydrogens is 268 g/mol. The average molecular weight is 276 g/mol. The number of rotatable bonds is 2. The molecule has 1 unspecified atom stereocenters. The molecule has 96 valence electrons. The molecule has 7 heteroatoms. The van der Waals surface area contributed by atoms with Gasteiger partial charge < -0.3 is 9.84 Å². The van der Waals surface area contributed by atoms with Crippen LogP contribution in [0.2, 0.25) is 0 Å². The first-order valence-corrected chi connectivity index (χ1v) is 6.29. The Morgan fingerprint density at radius 3 is 2.95 bits per heavy atom. The molecular formula is C12H8N2O4S. The van der Waals surface area contributed by atoms with Crippen LogP contribution in [-0.2, 0) is 0 Å². The van der Waals surface area contributed by atoms with Gasteiger partial charge in [0, 0.05) is 6.07 Å². The predicted molar refractivity (Wildman–Crippen MR) is 70.2 cm³/mol. The summed E-state index contributed by atoms with van der Waals surface area (Å²) >= 11 is 1.44. The molecule has 1 aliphatic rings. The number of nitro benzene ring substituents is 1. The fraction of sp³-hybridized carbons (Fsp3) is 0.0833. The van der Waals surface area contributed by atoms with Crippen molar-refractivity contribution in [1.29, 1.82) is 0 Å². The second-order valence-corrected chi connectivity index (χ2v) is 4.80. The van der Waals surface area contributed by atoms with Crippen LogP contribution in [-0.4, -0.2) is 22.0 Å². The van der Waals surface area contributed by atoms with Crippen molar-refractivity contribution in [3.05, 3.63) is 50.7 Å². The molecule has 0 amide bonds. The summed E-state index contributed by atoms with van der Waals surface area (Å²) < 4.78 is 5.29. The molecule has 1 atom stereocenters. The summed E-state index contributed by atoms with van der Waals surface area (Å²) in [5, 5.41) is 22.4. The first-order valence-electron chi connectivity index (χ1n) is 5.41. The topological polar surface area (TPSA) is 85.0 Å². The van der Waals surface area contributed by atoms with Crippen LogP contribution in [0.4, 0.5) is 11.4 Å². The van der Waals surface area contributed by atoms with Crippen molar-refractivity contribution < 1.29 is 14.8 Å². The van der Waals surface area contributed by atoms with Gasteiger partial charge in [-0.2, -0.15) is 0 Å². The summed E-state index contributed by atoms with van der Waals surface area (Å²) in [5.74, 6) is 0.210. The maximum absolute atomic E-state index is 10.7. The minimum atomic E-state index is -1.21. The van der Waals surface area contributed by atoms with Crippen molar-refractivity contribution in [3.8, 4) is 5.75 Å². The standard InChI is InChI=1S/C12H8N2O4S/c15-12-11(10-2-1-5-19-10)13-8-4-3-7(14(16)17)6-9(8)18-12/h1-6,12,15H. The van der Waals surface area contributed by atoms with Gasteiger partial charge in [0.05, 0.1) is 15.9 Å². The maximum atomic E-state index is 10.7. The van der Waals surface area contributed by atoms with E-state index in [2.05, 4.69) is 4.99 Å². The molecule has 0 saturated heterocycles. The Labute approximate surface area is 111 Å². The Morgan fingerprint density at radius 2 is 2.26 bits per heavy atom. The lowest BCUT2D eigenvalue weighted by Gasteiger charge is -2.21. The predicted octanol–water partition coefficient (Wildman–Crippen LogP) is 2.49. The molecule has 0 spiro atoms. The molecule has 2 heterocycles. The number of non-ortho nitro benzene ring substituents is 1. The van der Waals surface area contributed by atoms with E-state index in [1.54, 1.807) is 0 Å². The van der Waals surface area contributed by atoms with Crippen LogP contribution in [0.25, 0.3) is 0 Å². The molecule has 0 fully saturated rings. The number of nitrogens with zero attached hydrogens (tertiary/aromatic N) is 2. The van der Waals surface area contributed by atoms with Gasteiger partial charge in [-0.15, -0.1) is 11.3 Å². The zero-order valence-corrected chi connectivity index (χ0v) is 10.3. The van der Waals surface area contributed by atoms with Crippen LogP contribution < -0.4 is 4.74 Å². The number of ether oxygens (including phenoxy) is 1. The molecule has 1 aromatic heterocycles. The summed E-state index contributed by atoms with van der Waals surface area (Å²) in [7, 11) is 0. The quantitative estimate of drug-likeness (QED) is 0.674. The number of aliphatic hydroxyl groups excluding tert-OH is 1. The largest absolute Gasteiger partial charge is 0.457 e. The number of hydrogen-bond acceptors (Lipinski definition) is 6. The summed E-state index contributed by atoms with van der Waals surface area (Å²) in [4.78, 5) is 15.3. The van der Waals surface area contributed by atoms with Gasteiger partial charge in [0.25, 0.3) is 5.69 Å². The summed E-state index contributed by atoms with van der Waals surface area (Å²) in [5.41, 5.74) is 0.788. The average Bonchev–Trinajstić information content (AvgIpc) is 2.90. The molecule has 3 rings (SSSR count). The van der Waals surface area contributed by atoms with Gasteiger partial charge in [0.1, 0.15) is 11.4 Å². The zero-order chi connectivity index (χ0) is 13.4. The Morgan fingerprint density at radius 1 is 1.42 bits per heavy atom. The van der Waals surface area contributed by atoms with Crippen LogP contribution >= 0.6 is 11.3 Å². The molecule has 1 aliphatic heterocycles. The van der Waals surface area contributed by atoms with Gasteiger partial charge in [-0.05, 0) is 17.5 Å². The molecule has 1 aromatic carbocycles. The molecule has 0 bridgehead atoms. The normalized spacial score (nSPS) is 17.3. The molecule has 0 saturated carbocycles. The van der Waals surface area contributed by atoms with Crippen molar-refractivity contribution in [2.75, 3.05) is 0 Å². The second-order valence-electron chi connectivity index (χ2n) is 3.85. The van der Waals surface area contributed by atoms with Gasteiger partial charge in [0.15, 0.2) is 5.75 Å². The monoisotopic (exact) mass is 276 g/mol. The van der Waals surface area contributed by atoms with Gasteiger partial charge in [0.2, 0.25) is 6.29 Å². The highest BCUT2D eigenvalue weighted by Gasteiger charge is 2.25. The molecule has 0 radical (unpaired) electrons. The number of nitro groups is 1. The number of aliphatic hydroxyl groups is 1. The van der Waals surface area contributed by atoms with E-state index in [1.165, 1.54) is 29.5 Å². The highest BCUT2D eigenvalue weighted by Crippen LogP contribution is 2.36. The zero-order valence-electron chi connectivity index (χ0n) is 9.52. The smallest absolute Gasteiger partial charge is 0.273 e. The van der Waals surface area contributed by atoms with E-state index in [0.29, 0.717) is 11.4 Å². The Bertz CT molecular complexity index is 666. The highest BCUT2D eigenvalue weighted by atomic mass is 32.1. The first-order chi connectivity index (χ1) is 9.15. The Kier molecular flexibility index (Phi) is 2.77. The summed E-state index contributed by atoms with van der Waals surface area (Å²) in [6, 6.07) is 7.79. The van der Waals surface area contributed by atoms with E-state index in [4.69, 9.17) is 4.74 Å². The Hall–Kier alpha value is -2.25. The summed E-state index contributed by atoms with van der Waals surface area (Å²) in [6.45, 7) is 0. The van der Waals surface area contributed by atoms with Crippen LogP contribution in [0.15, 0.2) is 40.7 Å². The first kappa shape index (κ1) is 11.8. The van der Waals surface area contributed by atoms with Crippen LogP contribution in [0.3, 0.4) is 0 Å². The van der Waals surface area contributed by atoms with Crippen molar-refractivity contribution in [3.63, 3.8) is 0 Å². The Balaban J connectivity index is 2.06. The van der Waals surface area contributed by atoms with Crippen LogP contribution in [0, 0.1) is 10.1 Å².